The number of carbonyl (C=O) groups is 1. The summed E-state index contributed by atoms with van der Waals surface area (Å²) in [5, 5.41) is 0. The van der Waals surface area contributed by atoms with Crippen molar-refractivity contribution in [2.45, 2.75) is 60.5 Å². The highest BCUT2D eigenvalue weighted by molar-refractivity contribution is 5.92. The van der Waals surface area contributed by atoms with Crippen molar-refractivity contribution in [2.75, 3.05) is 13.6 Å². The topological polar surface area (TPSA) is 41.9 Å². The number of rotatable bonds is 9. The van der Waals surface area contributed by atoms with Gasteiger partial charge in [0.25, 0.3) is 0 Å². The first-order valence-corrected chi connectivity index (χ1v) is 10.9. The molecule has 2 aromatic rings. The lowest BCUT2D eigenvalue weighted by molar-refractivity contribution is 0.0115. The molecule has 1 atom stereocenters. The van der Waals surface area contributed by atoms with E-state index in [4.69, 9.17) is 4.74 Å². The highest BCUT2D eigenvalue weighted by Crippen LogP contribution is 2.33. The SMILES string of the molecule is CCC(CC)C(OC(=O)c1cc(C)c(N=CN(C)CC)cc1C)c1ccc(C)cc1. The Bertz CT molecular complexity index is 867. The summed E-state index contributed by atoms with van der Waals surface area (Å²) in [6, 6.07) is 12.2. The van der Waals surface area contributed by atoms with Crippen LogP contribution in [0.4, 0.5) is 5.69 Å². The van der Waals surface area contributed by atoms with Gasteiger partial charge in [-0.25, -0.2) is 9.79 Å². The third kappa shape index (κ3) is 5.94. The van der Waals surface area contributed by atoms with E-state index in [0.717, 1.165) is 41.8 Å². The molecule has 0 aromatic heterocycles. The molecule has 0 amide bonds. The highest BCUT2D eigenvalue weighted by Gasteiger charge is 2.26. The van der Waals surface area contributed by atoms with E-state index in [0.29, 0.717) is 5.56 Å². The van der Waals surface area contributed by atoms with E-state index < -0.39 is 0 Å². The monoisotopic (exact) mass is 408 g/mol. The van der Waals surface area contributed by atoms with E-state index in [1.165, 1.54) is 5.56 Å². The van der Waals surface area contributed by atoms with E-state index in [9.17, 15) is 4.79 Å². The van der Waals surface area contributed by atoms with Crippen molar-refractivity contribution in [2.24, 2.45) is 10.9 Å². The van der Waals surface area contributed by atoms with Gasteiger partial charge >= 0.3 is 5.97 Å². The minimum atomic E-state index is -0.269. The lowest BCUT2D eigenvalue weighted by Crippen LogP contribution is -2.20. The molecule has 0 bridgehead atoms. The zero-order valence-electron chi connectivity index (χ0n) is 19.5. The summed E-state index contributed by atoms with van der Waals surface area (Å²) in [6.07, 6.45) is 3.49. The Balaban J connectivity index is 2.31. The van der Waals surface area contributed by atoms with E-state index in [-0.39, 0.29) is 18.0 Å². The third-order valence-corrected chi connectivity index (χ3v) is 5.77. The van der Waals surface area contributed by atoms with Crippen LogP contribution >= 0.6 is 0 Å². The summed E-state index contributed by atoms with van der Waals surface area (Å²) in [7, 11) is 1.99. The second-order valence-corrected chi connectivity index (χ2v) is 8.08. The molecule has 0 N–H and O–H groups in total. The number of esters is 1. The third-order valence-electron chi connectivity index (χ3n) is 5.77. The van der Waals surface area contributed by atoms with Gasteiger partial charge in [0.1, 0.15) is 6.10 Å². The van der Waals surface area contributed by atoms with Gasteiger partial charge in [0.05, 0.1) is 17.6 Å². The Morgan fingerprint density at radius 3 is 2.23 bits per heavy atom. The molecule has 0 heterocycles. The standard InChI is InChI=1S/C26H36N2O2/c1-8-21(9-2)25(22-13-11-18(4)12-14-22)30-26(29)23-15-20(6)24(16-19(23)5)27-17-28(7)10-3/h11-17,21,25H,8-10H2,1-7H3. The maximum Gasteiger partial charge on any atom is 0.339 e. The zero-order chi connectivity index (χ0) is 22.3. The summed E-state index contributed by atoms with van der Waals surface area (Å²) in [5.74, 6) is 0.0146. The fraction of sp³-hybridized carbons (Fsp3) is 0.462. The molecule has 2 aromatic carbocycles. The highest BCUT2D eigenvalue weighted by atomic mass is 16.5. The Kier molecular flexibility index (Phi) is 8.64. The molecule has 4 nitrogen and oxygen atoms in total. The molecule has 2 rings (SSSR count). The maximum atomic E-state index is 13.2. The van der Waals surface area contributed by atoms with Crippen molar-refractivity contribution < 1.29 is 9.53 Å². The molecular weight excluding hydrogens is 372 g/mol. The van der Waals surface area contributed by atoms with E-state index in [1.807, 2.05) is 44.3 Å². The van der Waals surface area contributed by atoms with Gasteiger partial charge in [-0.2, -0.15) is 0 Å². The zero-order valence-corrected chi connectivity index (χ0v) is 19.5. The lowest BCUT2D eigenvalue weighted by atomic mass is 9.90. The Morgan fingerprint density at radius 1 is 1.03 bits per heavy atom. The summed E-state index contributed by atoms with van der Waals surface area (Å²) in [5.41, 5.74) is 5.58. The van der Waals surface area contributed by atoms with Gasteiger partial charge in [0.15, 0.2) is 0 Å². The van der Waals surface area contributed by atoms with Crippen LogP contribution in [0.1, 0.15) is 72.3 Å². The predicted octanol–water partition coefficient (Wildman–Crippen LogP) is 6.56. The van der Waals surface area contributed by atoms with Crippen molar-refractivity contribution >= 4 is 18.0 Å². The van der Waals surface area contributed by atoms with Gasteiger partial charge in [-0.3, -0.25) is 0 Å². The van der Waals surface area contributed by atoms with Gasteiger partial charge in [0, 0.05) is 13.6 Å². The van der Waals surface area contributed by atoms with Crippen molar-refractivity contribution in [3.8, 4) is 0 Å². The average Bonchev–Trinajstić information content (AvgIpc) is 2.74. The van der Waals surface area contributed by atoms with Crippen molar-refractivity contribution in [1.29, 1.82) is 0 Å². The van der Waals surface area contributed by atoms with Crippen LogP contribution in [0.3, 0.4) is 0 Å². The summed E-state index contributed by atoms with van der Waals surface area (Å²) in [6.45, 7) is 13.3. The Labute approximate surface area is 182 Å². The molecule has 0 aliphatic carbocycles. The second kappa shape index (κ2) is 11.0. The smallest absolute Gasteiger partial charge is 0.339 e. The summed E-state index contributed by atoms with van der Waals surface area (Å²) in [4.78, 5) is 19.7. The summed E-state index contributed by atoms with van der Waals surface area (Å²) >= 11 is 0. The largest absolute Gasteiger partial charge is 0.454 e. The number of aryl methyl sites for hydroxylation is 3. The molecular formula is C26H36N2O2. The molecule has 0 aliphatic rings. The number of aliphatic imine (C=N–C) groups is 1. The Morgan fingerprint density at radius 2 is 1.67 bits per heavy atom. The molecule has 0 fully saturated rings. The normalized spacial score (nSPS) is 12.4. The number of ether oxygens (including phenoxy) is 1. The van der Waals surface area contributed by atoms with Gasteiger partial charge in [-0.15, -0.1) is 0 Å². The number of benzene rings is 2. The number of nitrogens with zero attached hydrogens (tertiary/aromatic N) is 2. The molecule has 0 saturated heterocycles. The lowest BCUT2D eigenvalue weighted by Gasteiger charge is -2.26. The molecule has 4 heteroatoms. The number of carbonyl (C=O) groups excluding carboxylic acids is 1. The van der Waals surface area contributed by atoms with Crippen molar-refractivity contribution in [1.82, 2.24) is 4.90 Å². The van der Waals surface area contributed by atoms with Gasteiger partial charge in [-0.05, 0) is 75.3 Å². The molecule has 1 unspecified atom stereocenters. The van der Waals surface area contributed by atoms with E-state index in [2.05, 4.69) is 57.0 Å². The number of hydrogen-bond acceptors (Lipinski definition) is 3. The average molecular weight is 409 g/mol. The molecule has 30 heavy (non-hydrogen) atoms. The van der Waals surface area contributed by atoms with Gasteiger partial charge in [-0.1, -0.05) is 43.7 Å². The van der Waals surface area contributed by atoms with Crippen molar-refractivity contribution in [3.05, 3.63) is 64.2 Å². The van der Waals surface area contributed by atoms with Crippen LogP contribution in [-0.4, -0.2) is 30.8 Å². The number of hydrogen-bond donors (Lipinski definition) is 0. The van der Waals surface area contributed by atoms with Crippen LogP contribution in [0.25, 0.3) is 0 Å². The van der Waals surface area contributed by atoms with Gasteiger partial charge in [0.2, 0.25) is 0 Å². The summed E-state index contributed by atoms with van der Waals surface area (Å²) < 4.78 is 6.11. The molecule has 162 valence electrons. The van der Waals surface area contributed by atoms with Gasteiger partial charge < -0.3 is 9.64 Å². The minimum absolute atomic E-state index is 0.247. The van der Waals surface area contributed by atoms with Crippen LogP contribution in [0.5, 0.6) is 0 Å². The predicted molar refractivity (Wildman–Crippen MR) is 126 cm³/mol. The first kappa shape index (κ1) is 23.7. The first-order chi connectivity index (χ1) is 14.3. The van der Waals surface area contributed by atoms with Crippen LogP contribution < -0.4 is 0 Å². The van der Waals surface area contributed by atoms with Crippen molar-refractivity contribution in [3.63, 3.8) is 0 Å². The van der Waals surface area contributed by atoms with Crippen LogP contribution in [0, 0.1) is 26.7 Å². The molecule has 0 radical (unpaired) electrons. The fourth-order valence-corrected chi connectivity index (χ4v) is 3.49. The first-order valence-electron chi connectivity index (χ1n) is 10.9. The maximum absolute atomic E-state index is 13.2. The molecule has 0 spiro atoms. The quantitative estimate of drug-likeness (QED) is 0.268. The van der Waals surface area contributed by atoms with Crippen LogP contribution in [0.2, 0.25) is 0 Å². The van der Waals surface area contributed by atoms with Crippen LogP contribution in [0.15, 0.2) is 41.4 Å². The second-order valence-electron chi connectivity index (χ2n) is 8.08. The molecule has 0 saturated carbocycles. The fourth-order valence-electron chi connectivity index (χ4n) is 3.49. The van der Waals surface area contributed by atoms with E-state index in [1.54, 1.807) is 0 Å². The van der Waals surface area contributed by atoms with E-state index >= 15 is 0 Å². The molecule has 0 aliphatic heterocycles. The minimum Gasteiger partial charge on any atom is -0.454 e. The Hall–Kier alpha value is -2.62. The van der Waals surface area contributed by atoms with Crippen LogP contribution in [-0.2, 0) is 4.74 Å².